The second-order valence-corrected chi connectivity index (χ2v) is 3.75. The van der Waals surface area contributed by atoms with Gasteiger partial charge in [0.25, 0.3) is 0 Å². The van der Waals surface area contributed by atoms with Gasteiger partial charge in [-0.1, -0.05) is 17.7 Å². The Morgan fingerprint density at radius 3 is 2.86 bits per heavy atom. The molecular formula is C10H9ClFNO. The van der Waals surface area contributed by atoms with Crippen molar-refractivity contribution in [1.82, 2.24) is 5.32 Å². The molecule has 0 saturated carbocycles. The topological polar surface area (TPSA) is 29.1 Å². The van der Waals surface area contributed by atoms with Crippen LogP contribution in [0.15, 0.2) is 18.2 Å². The van der Waals surface area contributed by atoms with E-state index in [1.807, 2.05) is 0 Å². The molecule has 2 rings (SSSR count). The fraction of sp³-hybridized carbons (Fsp3) is 0.300. The fourth-order valence-corrected chi connectivity index (χ4v) is 2.03. The van der Waals surface area contributed by atoms with Crippen molar-refractivity contribution in [1.29, 1.82) is 0 Å². The van der Waals surface area contributed by atoms with Gasteiger partial charge in [-0.2, -0.15) is 0 Å². The monoisotopic (exact) mass is 213 g/mol. The van der Waals surface area contributed by atoms with Crippen LogP contribution in [0.1, 0.15) is 17.9 Å². The van der Waals surface area contributed by atoms with Crippen LogP contribution in [0.2, 0.25) is 5.02 Å². The third kappa shape index (κ3) is 1.60. The second-order valence-electron chi connectivity index (χ2n) is 3.34. The Balaban J connectivity index is 2.36. The number of carbonyl (C=O) groups excluding carboxylic acids is 1. The lowest BCUT2D eigenvalue weighted by molar-refractivity contribution is -0.119. The summed E-state index contributed by atoms with van der Waals surface area (Å²) in [6.45, 7) is 0.472. The summed E-state index contributed by atoms with van der Waals surface area (Å²) in [6, 6.07) is 4.57. The number of halogens is 2. The number of hydrogen-bond donors (Lipinski definition) is 1. The number of rotatable bonds is 1. The van der Waals surface area contributed by atoms with Crippen LogP contribution in [0, 0.1) is 5.82 Å². The van der Waals surface area contributed by atoms with E-state index in [0.29, 0.717) is 23.6 Å². The lowest BCUT2D eigenvalue weighted by Gasteiger charge is -2.10. The maximum absolute atomic E-state index is 13.4. The Morgan fingerprint density at radius 1 is 1.50 bits per heavy atom. The molecular weight excluding hydrogens is 205 g/mol. The number of amides is 1. The zero-order chi connectivity index (χ0) is 10.1. The van der Waals surface area contributed by atoms with E-state index in [9.17, 15) is 9.18 Å². The van der Waals surface area contributed by atoms with E-state index >= 15 is 0 Å². The number of benzene rings is 1. The van der Waals surface area contributed by atoms with E-state index in [-0.39, 0.29) is 17.6 Å². The van der Waals surface area contributed by atoms with Crippen LogP contribution in [0.4, 0.5) is 4.39 Å². The number of nitrogens with one attached hydrogen (secondary N) is 1. The summed E-state index contributed by atoms with van der Waals surface area (Å²) in [4.78, 5) is 11.0. The van der Waals surface area contributed by atoms with Gasteiger partial charge in [0, 0.05) is 29.5 Å². The Hall–Kier alpha value is -1.09. The van der Waals surface area contributed by atoms with Crippen LogP contribution in [0.5, 0.6) is 0 Å². The van der Waals surface area contributed by atoms with E-state index in [0.717, 1.165) is 0 Å². The first-order valence-electron chi connectivity index (χ1n) is 4.39. The van der Waals surface area contributed by atoms with E-state index < -0.39 is 0 Å². The summed E-state index contributed by atoms with van der Waals surface area (Å²) < 4.78 is 13.4. The quantitative estimate of drug-likeness (QED) is 0.761. The summed E-state index contributed by atoms with van der Waals surface area (Å²) in [5.41, 5.74) is 0.451. The molecule has 1 unspecified atom stereocenters. The van der Waals surface area contributed by atoms with Crippen molar-refractivity contribution in [3.63, 3.8) is 0 Å². The average molecular weight is 214 g/mol. The van der Waals surface area contributed by atoms with Crippen LogP contribution < -0.4 is 5.32 Å². The van der Waals surface area contributed by atoms with Gasteiger partial charge >= 0.3 is 0 Å². The summed E-state index contributed by atoms with van der Waals surface area (Å²) >= 11 is 5.88. The normalized spacial score (nSPS) is 21.0. The van der Waals surface area contributed by atoms with E-state index in [1.165, 1.54) is 6.07 Å². The Morgan fingerprint density at radius 2 is 2.29 bits per heavy atom. The molecule has 1 aliphatic heterocycles. The molecule has 1 heterocycles. The first-order chi connectivity index (χ1) is 6.68. The highest BCUT2D eigenvalue weighted by molar-refractivity contribution is 6.31. The van der Waals surface area contributed by atoms with Gasteiger partial charge in [0.15, 0.2) is 0 Å². The molecule has 1 aliphatic rings. The molecule has 1 amide bonds. The van der Waals surface area contributed by atoms with Gasteiger partial charge in [-0.05, 0) is 12.1 Å². The molecule has 1 aromatic rings. The average Bonchev–Trinajstić information content (AvgIpc) is 2.51. The third-order valence-electron chi connectivity index (χ3n) is 2.39. The SMILES string of the molecule is O=C1CC(c2c(F)cccc2Cl)CN1. The summed E-state index contributed by atoms with van der Waals surface area (Å²) in [5, 5.41) is 3.05. The number of hydrogen-bond acceptors (Lipinski definition) is 1. The zero-order valence-corrected chi connectivity index (χ0v) is 8.14. The van der Waals surface area contributed by atoms with Gasteiger partial charge in [-0.3, -0.25) is 4.79 Å². The molecule has 74 valence electrons. The van der Waals surface area contributed by atoms with Crippen LogP contribution in [-0.2, 0) is 4.79 Å². The molecule has 0 bridgehead atoms. The minimum atomic E-state index is -0.334. The first-order valence-corrected chi connectivity index (χ1v) is 4.77. The molecule has 14 heavy (non-hydrogen) atoms. The lowest BCUT2D eigenvalue weighted by atomic mass is 9.98. The minimum Gasteiger partial charge on any atom is -0.355 e. The molecule has 0 aliphatic carbocycles. The van der Waals surface area contributed by atoms with Gasteiger partial charge in [-0.15, -0.1) is 0 Å². The molecule has 1 aromatic carbocycles. The predicted molar refractivity (Wildman–Crippen MR) is 51.8 cm³/mol. The highest BCUT2D eigenvalue weighted by atomic mass is 35.5. The van der Waals surface area contributed by atoms with Crippen molar-refractivity contribution >= 4 is 17.5 Å². The maximum atomic E-state index is 13.4. The highest BCUT2D eigenvalue weighted by Crippen LogP contribution is 2.31. The third-order valence-corrected chi connectivity index (χ3v) is 2.71. The van der Waals surface area contributed by atoms with Crippen molar-refractivity contribution in [3.8, 4) is 0 Å². The van der Waals surface area contributed by atoms with Crippen molar-refractivity contribution in [2.24, 2.45) is 0 Å². The molecule has 0 radical (unpaired) electrons. The Kier molecular flexibility index (Phi) is 2.42. The summed E-state index contributed by atoms with van der Waals surface area (Å²) in [6.07, 6.45) is 0.320. The van der Waals surface area contributed by atoms with Crippen LogP contribution in [0.25, 0.3) is 0 Å². The smallest absolute Gasteiger partial charge is 0.220 e. The van der Waals surface area contributed by atoms with Crippen molar-refractivity contribution in [2.75, 3.05) is 6.54 Å². The molecule has 1 saturated heterocycles. The van der Waals surface area contributed by atoms with Crippen LogP contribution in [0.3, 0.4) is 0 Å². The molecule has 1 atom stereocenters. The molecule has 1 fully saturated rings. The Labute approximate surface area is 86.1 Å². The summed E-state index contributed by atoms with van der Waals surface area (Å²) in [7, 11) is 0. The van der Waals surface area contributed by atoms with Crippen LogP contribution >= 0.6 is 11.6 Å². The predicted octanol–water partition coefficient (Wildman–Crippen LogP) is 2.08. The van der Waals surface area contributed by atoms with Crippen molar-refractivity contribution in [3.05, 3.63) is 34.6 Å². The molecule has 1 N–H and O–H groups in total. The first kappa shape index (κ1) is 9.46. The molecule has 0 spiro atoms. The van der Waals surface area contributed by atoms with E-state index in [4.69, 9.17) is 11.6 Å². The van der Waals surface area contributed by atoms with Crippen molar-refractivity contribution in [2.45, 2.75) is 12.3 Å². The lowest BCUT2D eigenvalue weighted by Crippen LogP contribution is -2.13. The van der Waals surface area contributed by atoms with Crippen molar-refractivity contribution < 1.29 is 9.18 Å². The van der Waals surface area contributed by atoms with Crippen LogP contribution in [-0.4, -0.2) is 12.5 Å². The van der Waals surface area contributed by atoms with Gasteiger partial charge in [0.05, 0.1) is 0 Å². The fourth-order valence-electron chi connectivity index (χ4n) is 1.71. The standard InChI is InChI=1S/C10H9ClFNO/c11-7-2-1-3-8(12)10(7)6-4-9(14)13-5-6/h1-3,6H,4-5H2,(H,13,14). The second kappa shape index (κ2) is 3.58. The molecule has 0 aromatic heterocycles. The molecule has 4 heteroatoms. The number of carbonyl (C=O) groups is 1. The highest BCUT2D eigenvalue weighted by Gasteiger charge is 2.26. The maximum Gasteiger partial charge on any atom is 0.220 e. The largest absolute Gasteiger partial charge is 0.355 e. The van der Waals surface area contributed by atoms with E-state index in [1.54, 1.807) is 12.1 Å². The van der Waals surface area contributed by atoms with Gasteiger partial charge in [0.1, 0.15) is 5.82 Å². The van der Waals surface area contributed by atoms with Gasteiger partial charge < -0.3 is 5.32 Å². The van der Waals surface area contributed by atoms with Gasteiger partial charge in [0.2, 0.25) is 5.91 Å². The van der Waals surface area contributed by atoms with E-state index in [2.05, 4.69) is 5.32 Å². The van der Waals surface area contributed by atoms with Gasteiger partial charge in [-0.25, -0.2) is 4.39 Å². The zero-order valence-electron chi connectivity index (χ0n) is 7.39. The minimum absolute atomic E-state index is 0.0469. The Bertz CT molecular complexity index is 360. The molecule has 2 nitrogen and oxygen atoms in total. The summed E-state index contributed by atoms with van der Waals surface area (Å²) in [5.74, 6) is -0.510.